The molecule has 1 N–H and O–H groups in total. The molecule has 98 valence electrons. The van der Waals surface area contributed by atoms with Gasteiger partial charge >= 0.3 is 0 Å². The molecule has 0 aliphatic carbocycles. The average molecular weight is 252 g/mol. The van der Waals surface area contributed by atoms with Gasteiger partial charge in [0, 0.05) is 32.7 Å². The molecule has 2 nitrogen and oxygen atoms in total. The Hall–Kier alpha value is -1.26. The number of hydrogen-bond donors (Lipinski definition) is 1. The van der Waals surface area contributed by atoms with Gasteiger partial charge in [0.25, 0.3) is 0 Å². The van der Waals surface area contributed by atoms with E-state index in [9.17, 15) is 8.78 Å². The predicted octanol–water partition coefficient (Wildman–Crippen LogP) is 2.27. The summed E-state index contributed by atoms with van der Waals surface area (Å²) in [6, 6.07) is 3.96. The molecule has 1 aliphatic heterocycles. The summed E-state index contributed by atoms with van der Waals surface area (Å²) in [5.74, 6) is -1.59. The topological polar surface area (TPSA) is 15.3 Å². The van der Waals surface area contributed by atoms with Crippen molar-refractivity contribution in [1.82, 2.24) is 10.2 Å². The monoisotopic (exact) mass is 252 g/mol. The minimum Gasteiger partial charge on any atom is -0.314 e. The highest BCUT2D eigenvalue weighted by Gasteiger charge is 2.07. The van der Waals surface area contributed by atoms with E-state index < -0.39 is 11.6 Å². The maximum absolute atomic E-state index is 13.0. The Morgan fingerprint density at radius 3 is 2.67 bits per heavy atom. The molecule has 0 amide bonds. The molecule has 0 radical (unpaired) electrons. The molecule has 0 aromatic heterocycles. The first kappa shape index (κ1) is 13.2. The highest BCUT2D eigenvalue weighted by Crippen LogP contribution is 2.10. The Morgan fingerprint density at radius 1 is 1.17 bits per heavy atom. The SMILES string of the molecule is Fc1ccc(/C=C/CCN2CCNCC2)cc1F. The zero-order chi connectivity index (χ0) is 12.8. The summed E-state index contributed by atoms with van der Waals surface area (Å²) in [6.45, 7) is 5.28. The van der Waals surface area contributed by atoms with Gasteiger partial charge in [-0.3, -0.25) is 0 Å². The fourth-order valence-corrected chi connectivity index (χ4v) is 2.03. The minimum atomic E-state index is -0.798. The third-order valence-corrected chi connectivity index (χ3v) is 3.08. The molecule has 0 unspecified atom stereocenters. The average Bonchev–Trinajstić information content (AvgIpc) is 2.40. The minimum absolute atomic E-state index is 0.703. The van der Waals surface area contributed by atoms with Gasteiger partial charge in [-0.15, -0.1) is 0 Å². The van der Waals surface area contributed by atoms with E-state index in [1.165, 1.54) is 6.07 Å². The van der Waals surface area contributed by atoms with Crippen LogP contribution in [0.1, 0.15) is 12.0 Å². The summed E-state index contributed by atoms with van der Waals surface area (Å²) >= 11 is 0. The van der Waals surface area contributed by atoms with Crippen LogP contribution >= 0.6 is 0 Å². The van der Waals surface area contributed by atoms with Gasteiger partial charge < -0.3 is 10.2 Å². The summed E-state index contributed by atoms with van der Waals surface area (Å²) in [4.78, 5) is 2.39. The Kier molecular flexibility index (Phi) is 4.84. The van der Waals surface area contributed by atoms with Crippen molar-refractivity contribution in [2.24, 2.45) is 0 Å². The van der Waals surface area contributed by atoms with Crippen LogP contribution in [0, 0.1) is 11.6 Å². The molecule has 0 atom stereocenters. The molecule has 0 saturated carbocycles. The molecule has 18 heavy (non-hydrogen) atoms. The molecular formula is C14H18F2N2. The van der Waals surface area contributed by atoms with E-state index in [0.29, 0.717) is 5.56 Å². The molecular weight excluding hydrogens is 234 g/mol. The van der Waals surface area contributed by atoms with Crippen LogP contribution in [-0.2, 0) is 0 Å². The number of piperazine rings is 1. The lowest BCUT2D eigenvalue weighted by molar-refractivity contribution is 0.245. The molecule has 1 aromatic rings. The zero-order valence-electron chi connectivity index (χ0n) is 10.3. The van der Waals surface area contributed by atoms with E-state index in [1.807, 2.05) is 12.2 Å². The first-order chi connectivity index (χ1) is 8.75. The van der Waals surface area contributed by atoms with Crippen LogP contribution in [-0.4, -0.2) is 37.6 Å². The van der Waals surface area contributed by atoms with Crippen LogP contribution in [0.25, 0.3) is 6.08 Å². The summed E-state index contributed by atoms with van der Waals surface area (Å²) in [5, 5.41) is 3.31. The Labute approximate surface area is 106 Å². The van der Waals surface area contributed by atoms with Gasteiger partial charge in [0.05, 0.1) is 0 Å². The molecule has 0 spiro atoms. The van der Waals surface area contributed by atoms with Crippen LogP contribution in [0.5, 0.6) is 0 Å². The maximum atomic E-state index is 13.0. The summed E-state index contributed by atoms with van der Waals surface area (Å²) < 4.78 is 25.7. The Morgan fingerprint density at radius 2 is 1.94 bits per heavy atom. The number of halogens is 2. The van der Waals surface area contributed by atoms with Crippen molar-refractivity contribution >= 4 is 6.08 Å². The third kappa shape index (κ3) is 3.89. The van der Waals surface area contributed by atoms with Crippen LogP contribution in [0.3, 0.4) is 0 Å². The highest BCUT2D eigenvalue weighted by atomic mass is 19.2. The van der Waals surface area contributed by atoms with Gasteiger partial charge in [-0.25, -0.2) is 8.78 Å². The van der Waals surface area contributed by atoms with Gasteiger partial charge in [-0.2, -0.15) is 0 Å². The highest BCUT2D eigenvalue weighted by molar-refractivity contribution is 5.49. The molecule has 2 rings (SSSR count). The van der Waals surface area contributed by atoms with E-state index in [2.05, 4.69) is 10.2 Å². The molecule has 0 bridgehead atoms. The van der Waals surface area contributed by atoms with Crippen molar-refractivity contribution in [3.05, 3.63) is 41.5 Å². The molecule has 1 saturated heterocycles. The van der Waals surface area contributed by atoms with E-state index in [-0.39, 0.29) is 0 Å². The fraction of sp³-hybridized carbons (Fsp3) is 0.429. The van der Waals surface area contributed by atoms with Gasteiger partial charge in [0.15, 0.2) is 11.6 Å². The van der Waals surface area contributed by atoms with Crippen molar-refractivity contribution in [1.29, 1.82) is 0 Å². The van der Waals surface area contributed by atoms with Gasteiger partial charge in [-0.05, 0) is 24.1 Å². The van der Waals surface area contributed by atoms with Gasteiger partial charge in [0.1, 0.15) is 0 Å². The van der Waals surface area contributed by atoms with Gasteiger partial charge in [0.2, 0.25) is 0 Å². The molecule has 1 aliphatic rings. The zero-order valence-corrected chi connectivity index (χ0v) is 10.3. The maximum Gasteiger partial charge on any atom is 0.159 e. The Balaban J connectivity index is 1.78. The fourth-order valence-electron chi connectivity index (χ4n) is 2.03. The first-order valence-corrected chi connectivity index (χ1v) is 6.30. The standard InChI is InChI=1S/C14H18F2N2/c15-13-5-4-12(11-14(13)16)3-1-2-8-18-9-6-17-7-10-18/h1,3-5,11,17H,2,6-10H2/b3-1+. The molecule has 1 fully saturated rings. The molecule has 1 heterocycles. The second-order valence-electron chi connectivity index (χ2n) is 4.46. The van der Waals surface area contributed by atoms with Crippen LogP contribution in [0.15, 0.2) is 24.3 Å². The second-order valence-corrected chi connectivity index (χ2v) is 4.46. The normalized spacial score (nSPS) is 17.4. The lowest BCUT2D eigenvalue weighted by atomic mass is 10.2. The van der Waals surface area contributed by atoms with Crippen molar-refractivity contribution < 1.29 is 8.78 Å². The number of rotatable bonds is 4. The summed E-state index contributed by atoms with van der Waals surface area (Å²) in [7, 11) is 0. The number of hydrogen-bond acceptors (Lipinski definition) is 2. The van der Waals surface area contributed by atoms with E-state index >= 15 is 0 Å². The van der Waals surface area contributed by atoms with E-state index in [1.54, 1.807) is 6.07 Å². The smallest absolute Gasteiger partial charge is 0.159 e. The second kappa shape index (κ2) is 6.61. The lowest BCUT2D eigenvalue weighted by Crippen LogP contribution is -2.43. The van der Waals surface area contributed by atoms with Crippen molar-refractivity contribution in [2.75, 3.05) is 32.7 Å². The Bertz CT molecular complexity index is 412. The lowest BCUT2D eigenvalue weighted by Gasteiger charge is -2.26. The van der Waals surface area contributed by atoms with Crippen molar-refractivity contribution in [3.63, 3.8) is 0 Å². The molecule has 4 heteroatoms. The van der Waals surface area contributed by atoms with Crippen molar-refractivity contribution in [3.8, 4) is 0 Å². The van der Waals surface area contributed by atoms with E-state index in [4.69, 9.17) is 0 Å². The number of nitrogens with one attached hydrogen (secondary N) is 1. The van der Waals surface area contributed by atoms with Crippen LogP contribution in [0.4, 0.5) is 8.78 Å². The quantitative estimate of drug-likeness (QED) is 0.884. The predicted molar refractivity (Wildman–Crippen MR) is 69.3 cm³/mol. The summed E-state index contributed by atoms with van der Waals surface area (Å²) in [5.41, 5.74) is 0.703. The number of benzene rings is 1. The first-order valence-electron chi connectivity index (χ1n) is 6.30. The van der Waals surface area contributed by atoms with Gasteiger partial charge in [-0.1, -0.05) is 18.2 Å². The molecule has 1 aromatic carbocycles. The largest absolute Gasteiger partial charge is 0.314 e. The van der Waals surface area contributed by atoms with Crippen molar-refractivity contribution in [2.45, 2.75) is 6.42 Å². The number of nitrogens with zero attached hydrogens (tertiary/aromatic N) is 1. The van der Waals surface area contributed by atoms with Crippen LogP contribution in [0.2, 0.25) is 0 Å². The summed E-state index contributed by atoms with van der Waals surface area (Å²) in [6.07, 6.45) is 4.78. The third-order valence-electron chi connectivity index (χ3n) is 3.08. The van der Waals surface area contributed by atoms with Crippen LogP contribution < -0.4 is 5.32 Å². The van der Waals surface area contributed by atoms with E-state index in [0.717, 1.165) is 45.2 Å².